The molecule has 0 spiro atoms. The Morgan fingerprint density at radius 2 is 2.16 bits per heavy atom. The number of methoxy groups -OCH3 is 1. The van der Waals surface area contributed by atoms with E-state index in [1.165, 1.54) is 0 Å². The van der Waals surface area contributed by atoms with Crippen LogP contribution in [0.15, 0.2) is 34.2 Å². The van der Waals surface area contributed by atoms with Crippen molar-refractivity contribution in [3.05, 3.63) is 44.8 Å². The molecule has 0 aliphatic carbocycles. The molecule has 1 aromatic carbocycles. The minimum absolute atomic E-state index is 0.0736. The van der Waals surface area contributed by atoms with Gasteiger partial charge in [0.2, 0.25) is 0 Å². The highest BCUT2D eigenvalue weighted by atomic mass is 79.9. The van der Waals surface area contributed by atoms with Gasteiger partial charge in [0.1, 0.15) is 10.8 Å². The molecule has 1 N–H and O–H groups in total. The van der Waals surface area contributed by atoms with Crippen LogP contribution in [0.2, 0.25) is 0 Å². The fourth-order valence-electron chi connectivity index (χ4n) is 1.87. The summed E-state index contributed by atoms with van der Waals surface area (Å²) in [5, 5.41) is 6.61. The lowest BCUT2D eigenvalue weighted by atomic mass is 10.1. The Morgan fingerprint density at radius 3 is 2.74 bits per heavy atom. The Bertz CT molecular complexity index is 528. The predicted octanol–water partition coefficient (Wildman–Crippen LogP) is 4.00. The Balaban J connectivity index is 2.43. The highest BCUT2D eigenvalue weighted by molar-refractivity contribution is 9.10. The van der Waals surface area contributed by atoms with E-state index in [4.69, 9.17) is 4.74 Å². The van der Waals surface area contributed by atoms with Gasteiger partial charge >= 0.3 is 0 Å². The van der Waals surface area contributed by atoms with Crippen molar-refractivity contribution in [2.75, 3.05) is 7.11 Å². The Morgan fingerprint density at radius 1 is 1.37 bits per heavy atom. The van der Waals surface area contributed by atoms with Crippen LogP contribution in [0.5, 0.6) is 5.75 Å². The SMILES string of the molecule is COc1ccc(Br)c(C(NC(C)C)c2nccs2)c1. The molecule has 1 heterocycles. The van der Waals surface area contributed by atoms with E-state index in [0.717, 1.165) is 20.8 Å². The van der Waals surface area contributed by atoms with Gasteiger partial charge in [-0.1, -0.05) is 15.9 Å². The van der Waals surface area contributed by atoms with Crippen LogP contribution >= 0.6 is 27.3 Å². The molecule has 1 aromatic heterocycles. The van der Waals surface area contributed by atoms with E-state index in [9.17, 15) is 0 Å². The van der Waals surface area contributed by atoms with Crippen molar-refractivity contribution < 1.29 is 4.74 Å². The van der Waals surface area contributed by atoms with Gasteiger partial charge in [-0.15, -0.1) is 11.3 Å². The second-order valence-electron chi connectivity index (χ2n) is 4.51. The number of aromatic nitrogens is 1. The smallest absolute Gasteiger partial charge is 0.119 e. The van der Waals surface area contributed by atoms with Crippen molar-refractivity contribution in [2.45, 2.75) is 25.9 Å². The normalized spacial score (nSPS) is 12.7. The van der Waals surface area contributed by atoms with Gasteiger partial charge < -0.3 is 10.1 Å². The molecular formula is C14H17BrN2OS. The first kappa shape index (κ1) is 14.5. The zero-order valence-electron chi connectivity index (χ0n) is 11.2. The molecule has 5 heteroatoms. The lowest BCUT2D eigenvalue weighted by Crippen LogP contribution is -2.29. The summed E-state index contributed by atoms with van der Waals surface area (Å²) in [4.78, 5) is 4.44. The summed E-state index contributed by atoms with van der Waals surface area (Å²) < 4.78 is 6.37. The minimum Gasteiger partial charge on any atom is -0.497 e. The number of ether oxygens (including phenoxy) is 1. The fraction of sp³-hybridized carbons (Fsp3) is 0.357. The van der Waals surface area contributed by atoms with E-state index in [0.29, 0.717) is 6.04 Å². The van der Waals surface area contributed by atoms with Crippen molar-refractivity contribution in [1.82, 2.24) is 10.3 Å². The average Bonchev–Trinajstić information content (AvgIpc) is 2.90. The Kier molecular flexibility index (Phi) is 4.96. The molecule has 19 heavy (non-hydrogen) atoms. The summed E-state index contributed by atoms with van der Waals surface area (Å²) in [6, 6.07) is 6.45. The standard InChI is InChI=1S/C14H17BrN2OS/c1-9(2)17-13(14-16-6-7-19-14)11-8-10(18-3)4-5-12(11)15/h4-9,13,17H,1-3H3. The maximum Gasteiger partial charge on any atom is 0.119 e. The van der Waals surface area contributed by atoms with E-state index in [2.05, 4.69) is 40.1 Å². The molecule has 0 saturated heterocycles. The van der Waals surface area contributed by atoms with Crippen LogP contribution in [-0.4, -0.2) is 18.1 Å². The van der Waals surface area contributed by atoms with Crippen LogP contribution in [-0.2, 0) is 0 Å². The number of halogens is 1. The number of hydrogen-bond acceptors (Lipinski definition) is 4. The third-order valence-corrected chi connectivity index (χ3v) is 4.28. The summed E-state index contributed by atoms with van der Waals surface area (Å²) in [6.07, 6.45) is 1.84. The zero-order chi connectivity index (χ0) is 13.8. The molecule has 0 aliphatic heterocycles. The van der Waals surface area contributed by atoms with Gasteiger partial charge in [-0.2, -0.15) is 0 Å². The van der Waals surface area contributed by atoms with Crippen LogP contribution in [0.1, 0.15) is 30.5 Å². The van der Waals surface area contributed by atoms with Gasteiger partial charge in [0.25, 0.3) is 0 Å². The molecule has 3 nitrogen and oxygen atoms in total. The van der Waals surface area contributed by atoms with Crippen molar-refractivity contribution in [1.29, 1.82) is 0 Å². The molecule has 0 bridgehead atoms. The summed E-state index contributed by atoms with van der Waals surface area (Å²) in [7, 11) is 1.68. The summed E-state index contributed by atoms with van der Waals surface area (Å²) in [5.74, 6) is 0.852. The molecule has 0 fully saturated rings. The number of rotatable bonds is 5. The number of nitrogens with zero attached hydrogens (tertiary/aromatic N) is 1. The highest BCUT2D eigenvalue weighted by Gasteiger charge is 2.20. The van der Waals surface area contributed by atoms with Gasteiger partial charge in [-0.05, 0) is 37.6 Å². The van der Waals surface area contributed by atoms with Crippen molar-refractivity contribution in [3.8, 4) is 5.75 Å². The maximum atomic E-state index is 5.32. The lowest BCUT2D eigenvalue weighted by Gasteiger charge is -2.21. The van der Waals surface area contributed by atoms with Crippen LogP contribution < -0.4 is 10.1 Å². The van der Waals surface area contributed by atoms with Gasteiger partial charge in [0.05, 0.1) is 13.2 Å². The molecule has 0 radical (unpaired) electrons. The first-order chi connectivity index (χ1) is 9.11. The Labute approximate surface area is 126 Å². The summed E-state index contributed by atoms with van der Waals surface area (Å²) >= 11 is 5.27. The third kappa shape index (κ3) is 3.55. The third-order valence-electron chi connectivity index (χ3n) is 2.71. The largest absolute Gasteiger partial charge is 0.497 e. The monoisotopic (exact) mass is 340 g/mol. The predicted molar refractivity (Wildman–Crippen MR) is 82.9 cm³/mol. The first-order valence-electron chi connectivity index (χ1n) is 6.10. The van der Waals surface area contributed by atoms with E-state index >= 15 is 0 Å². The van der Waals surface area contributed by atoms with E-state index in [1.807, 2.05) is 29.8 Å². The molecule has 2 rings (SSSR count). The van der Waals surface area contributed by atoms with Crippen LogP contribution in [0.4, 0.5) is 0 Å². The van der Waals surface area contributed by atoms with Crippen molar-refractivity contribution in [2.24, 2.45) is 0 Å². The van der Waals surface area contributed by atoms with Crippen LogP contribution in [0.25, 0.3) is 0 Å². The molecule has 2 aromatic rings. The number of thiazole rings is 1. The van der Waals surface area contributed by atoms with Gasteiger partial charge in [0, 0.05) is 22.1 Å². The van der Waals surface area contributed by atoms with E-state index in [-0.39, 0.29) is 6.04 Å². The maximum absolute atomic E-state index is 5.32. The number of hydrogen-bond donors (Lipinski definition) is 1. The molecule has 0 amide bonds. The van der Waals surface area contributed by atoms with E-state index < -0.39 is 0 Å². The average molecular weight is 341 g/mol. The van der Waals surface area contributed by atoms with Crippen molar-refractivity contribution >= 4 is 27.3 Å². The van der Waals surface area contributed by atoms with Gasteiger partial charge in [-0.25, -0.2) is 4.98 Å². The molecule has 1 atom stereocenters. The topological polar surface area (TPSA) is 34.1 Å². The Hall–Kier alpha value is -0.910. The highest BCUT2D eigenvalue weighted by Crippen LogP contribution is 2.32. The minimum atomic E-state index is 0.0736. The second kappa shape index (κ2) is 6.50. The zero-order valence-corrected chi connectivity index (χ0v) is 13.6. The fourth-order valence-corrected chi connectivity index (χ4v) is 3.06. The molecule has 1 unspecified atom stereocenters. The van der Waals surface area contributed by atoms with Crippen LogP contribution in [0, 0.1) is 0 Å². The number of nitrogens with one attached hydrogen (secondary N) is 1. The number of benzene rings is 1. The molecule has 102 valence electrons. The lowest BCUT2D eigenvalue weighted by molar-refractivity contribution is 0.413. The van der Waals surface area contributed by atoms with Gasteiger partial charge in [-0.3, -0.25) is 0 Å². The van der Waals surface area contributed by atoms with Gasteiger partial charge in [0.15, 0.2) is 0 Å². The molecule has 0 saturated carbocycles. The quantitative estimate of drug-likeness (QED) is 0.893. The van der Waals surface area contributed by atoms with E-state index in [1.54, 1.807) is 18.4 Å². The summed E-state index contributed by atoms with van der Waals surface area (Å²) in [6.45, 7) is 4.27. The van der Waals surface area contributed by atoms with Crippen LogP contribution in [0.3, 0.4) is 0 Å². The summed E-state index contributed by atoms with van der Waals surface area (Å²) in [5.41, 5.74) is 1.14. The molecule has 0 aliphatic rings. The molecular weight excluding hydrogens is 324 g/mol. The second-order valence-corrected chi connectivity index (χ2v) is 6.29. The van der Waals surface area contributed by atoms with Crippen molar-refractivity contribution in [3.63, 3.8) is 0 Å². The first-order valence-corrected chi connectivity index (χ1v) is 7.78.